The maximum Gasteiger partial charge on any atom is 0.361 e. The van der Waals surface area contributed by atoms with Gasteiger partial charge in [-0.1, -0.05) is 91.0 Å². The van der Waals surface area contributed by atoms with Gasteiger partial charge in [0, 0.05) is 21.3 Å². The molecule has 0 spiro atoms. The van der Waals surface area contributed by atoms with Crippen LogP contribution in [0.25, 0.3) is 0 Å². The lowest BCUT2D eigenvalue weighted by molar-refractivity contribution is -0.325. The van der Waals surface area contributed by atoms with E-state index in [4.69, 9.17) is 32.7 Å². The Morgan fingerprint density at radius 2 is 1.07 bits per heavy atom. The minimum absolute atomic E-state index is 0.177. The third kappa shape index (κ3) is 7.64. The van der Waals surface area contributed by atoms with Crippen LogP contribution in [-0.4, -0.2) is 63.0 Å². The molecule has 3 aromatic rings. The standard InChI is InChI=1S/C30H37O9P/c1-33-30-28(38-21-24-17-11-6-12-18-24)26(37-20-23-15-9-5-10-16-23)25(36-19-22-13-7-4-8-14-22)27(39-30)29(31)40(32,34-2)35-3/h4-18,25-31H,19-21H2,1-3H3/t25-,26-,27-,28+,29?,30-/m0/s1. The number of methoxy groups -OCH3 is 1. The molecule has 1 saturated heterocycles. The molecule has 1 unspecified atom stereocenters. The Morgan fingerprint density at radius 1 is 0.675 bits per heavy atom. The lowest BCUT2D eigenvalue weighted by Crippen LogP contribution is -2.63. The summed E-state index contributed by atoms with van der Waals surface area (Å²) in [7, 11) is -0.113. The van der Waals surface area contributed by atoms with E-state index in [9.17, 15) is 9.67 Å². The molecule has 0 radical (unpaired) electrons. The van der Waals surface area contributed by atoms with E-state index in [1.54, 1.807) is 0 Å². The van der Waals surface area contributed by atoms with Crippen LogP contribution >= 0.6 is 7.60 Å². The van der Waals surface area contributed by atoms with Crippen LogP contribution in [-0.2, 0) is 57.1 Å². The van der Waals surface area contributed by atoms with Gasteiger partial charge in [0.15, 0.2) is 12.1 Å². The van der Waals surface area contributed by atoms with Gasteiger partial charge in [-0.15, -0.1) is 0 Å². The van der Waals surface area contributed by atoms with Gasteiger partial charge in [-0.05, 0) is 16.7 Å². The van der Waals surface area contributed by atoms with Gasteiger partial charge in [0.25, 0.3) is 0 Å². The largest absolute Gasteiger partial charge is 0.378 e. The Hall–Kier alpha value is -2.43. The summed E-state index contributed by atoms with van der Waals surface area (Å²) >= 11 is 0. The first-order valence-corrected chi connectivity index (χ1v) is 14.6. The van der Waals surface area contributed by atoms with Crippen molar-refractivity contribution in [1.82, 2.24) is 0 Å². The van der Waals surface area contributed by atoms with Gasteiger partial charge >= 0.3 is 7.60 Å². The zero-order chi connectivity index (χ0) is 28.4. The van der Waals surface area contributed by atoms with Crippen molar-refractivity contribution in [3.05, 3.63) is 108 Å². The molecule has 10 heteroatoms. The van der Waals surface area contributed by atoms with Gasteiger partial charge in [0.1, 0.15) is 24.4 Å². The molecular formula is C30H37O9P. The van der Waals surface area contributed by atoms with Crippen molar-refractivity contribution in [3.8, 4) is 0 Å². The highest BCUT2D eigenvalue weighted by atomic mass is 31.2. The van der Waals surface area contributed by atoms with Gasteiger partial charge in [0.2, 0.25) is 0 Å². The fraction of sp³-hybridized carbons (Fsp3) is 0.400. The zero-order valence-electron chi connectivity index (χ0n) is 22.9. The second-order valence-electron chi connectivity index (χ2n) is 9.31. The van der Waals surface area contributed by atoms with Crippen LogP contribution in [0.1, 0.15) is 16.7 Å². The first kappa shape index (κ1) is 30.5. The molecule has 1 N–H and O–H groups in total. The van der Waals surface area contributed by atoms with E-state index in [1.807, 2.05) is 91.0 Å². The normalized spacial score (nSPS) is 24.1. The maximum atomic E-state index is 13.3. The molecule has 0 saturated carbocycles. The number of aliphatic hydroxyl groups excluding tert-OH is 1. The lowest BCUT2D eigenvalue weighted by Gasteiger charge is -2.47. The highest BCUT2D eigenvalue weighted by molar-refractivity contribution is 7.54. The molecule has 1 heterocycles. The number of benzene rings is 3. The molecule has 1 aliphatic rings. The van der Waals surface area contributed by atoms with Crippen LogP contribution in [0, 0.1) is 0 Å². The molecule has 9 nitrogen and oxygen atoms in total. The van der Waals surface area contributed by atoms with Crippen LogP contribution in [0.5, 0.6) is 0 Å². The summed E-state index contributed by atoms with van der Waals surface area (Å²) in [5.41, 5.74) is 2.78. The van der Waals surface area contributed by atoms with E-state index in [2.05, 4.69) is 0 Å². The van der Waals surface area contributed by atoms with E-state index < -0.39 is 44.1 Å². The van der Waals surface area contributed by atoms with Gasteiger partial charge in [-0.3, -0.25) is 4.57 Å². The third-order valence-corrected chi connectivity index (χ3v) is 8.71. The highest BCUT2D eigenvalue weighted by Crippen LogP contribution is 2.54. The quantitative estimate of drug-likeness (QED) is 0.270. The molecule has 0 amide bonds. The van der Waals surface area contributed by atoms with E-state index >= 15 is 0 Å². The molecule has 4 rings (SSSR count). The van der Waals surface area contributed by atoms with Crippen LogP contribution in [0.3, 0.4) is 0 Å². The van der Waals surface area contributed by atoms with Gasteiger partial charge in [-0.25, -0.2) is 0 Å². The number of aliphatic hydroxyl groups is 1. The Morgan fingerprint density at radius 3 is 1.48 bits per heavy atom. The smallest absolute Gasteiger partial charge is 0.361 e. The monoisotopic (exact) mass is 572 g/mol. The molecule has 1 fully saturated rings. The number of ether oxygens (including phenoxy) is 5. The number of hydrogen-bond donors (Lipinski definition) is 1. The molecule has 6 atom stereocenters. The summed E-state index contributed by atoms with van der Waals surface area (Å²) in [6, 6.07) is 28.9. The Bertz CT molecular complexity index is 1170. The first-order valence-electron chi connectivity index (χ1n) is 13.0. The Balaban J connectivity index is 1.69. The Labute approximate surface area is 235 Å². The summed E-state index contributed by atoms with van der Waals surface area (Å²) in [4.78, 5) is 0. The van der Waals surface area contributed by atoms with E-state index in [0.29, 0.717) is 0 Å². The summed E-state index contributed by atoms with van der Waals surface area (Å²) in [5, 5.41) is 11.3. The molecule has 1 aliphatic heterocycles. The van der Waals surface area contributed by atoms with E-state index in [-0.39, 0.29) is 19.8 Å². The van der Waals surface area contributed by atoms with Crippen LogP contribution in [0.4, 0.5) is 0 Å². The topological polar surface area (TPSA) is 102 Å². The fourth-order valence-electron chi connectivity index (χ4n) is 4.59. The molecule has 216 valence electrons. The van der Waals surface area contributed by atoms with Gasteiger partial charge in [0.05, 0.1) is 19.8 Å². The van der Waals surface area contributed by atoms with Gasteiger partial charge in [-0.2, -0.15) is 0 Å². The first-order chi connectivity index (χ1) is 19.5. The average Bonchev–Trinajstić information content (AvgIpc) is 3.02. The summed E-state index contributed by atoms with van der Waals surface area (Å²) in [5.74, 6) is -1.70. The molecule has 0 aliphatic carbocycles. The molecule has 0 bridgehead atoms. The van der Waals surface area contributed by atoms with Crippen molar-refractivity contribution in [2.75, 3.05) is 21.3 Å². The molecule has 3 aromatic carbocycles. The Kier molecular flexibility index (Phi) is 11.4. The second kappa shape index (κ2) is 15.0. The summed E-state index contributed by atoms with van der Waals surface area (Å²) < 4.78 is 54.6. The van der Waals surface area contributed by atoms with E-state index in [0.717, 1.165) is 16.7 Å². The minimum atomic E-state index is -4.00. The third-order valence-electron chi connectivity index (χ3n) is 6.75. The van der Waals surface area contributed by atoms with Crippen molar-refractivity contribution in [3.63, 3.8) is 0 Å². The maximum absolute atomic E-state index is 13.3. The predicted octanol–water partition coefficient (Wildman–Crippen LogP) is 4.92. The van der Waals surface area contributed by atoms with Crippen molar-refractivity contribution in [2.45, 2.75) is 56.4 Å². The SMILES string of the molecule is CO[C@H]1O[C@H](C(O)P(=O)(OC)OC)[C@@H](OCc2ccccc2)[C@H](OCc2ccccc2)[C@H]1OCc1ccccc1. The lowest BCUT2D eigenvalue weighted by atomic mass is 9.97. The van der Waals surface area contributed by atoms with Gasteiger partial charge < -0.3 is 37.8 Å². The fourth-order valence-corrected chi connectivity index (χ4v) is 5.77. The van der Waals surface area contributed by atoms with Crippen LogP contribution < -0.4 is 0 Å². The minimum Gasteiger partial charge on any atom is -0.378 e. The van der Waals surface area contributed by atoms with Crippen molar-refractivity contribution in [2.24, 2.45) is 0 Å². The van der Waals surface area contributed by atoms with E-state index in [1.165, 1.54) is 21.3 Å². The summed E-state index contributed by atoms with van der Waals surface area (Å²) in [6.45, 7) is 0.664. The zero-order valence-corrected chi connectivity index (χ0v) is 23.8. The second-order valence-corrected chi connectivity index (χ2v) is 11.6. The van der Waals surface area contributed by atoms with Crippen molar-refractivity contribution < 1.29 is 42.4 Å². The predicted molar refractivity (Wildman–Crippen MR) is 148 cm³/mol. The molecule has 40 heavy (non-hydrogen) atoms. The van der Waals surface area contributed by atoms with Crippen molar-refractivity contribution in [1.29, 1.82) is 0 Å². The number of hydrogen-bond acceptors (Lipinski definition) is 9. The average molecular weight is 573 g/mol. The number of rotatable bonds is 14. The molecular weight excluding hydrogens is 535 g/mol. The van der Waals surface area contributed by atoms with Crippen molar-refractivity contribution >= 4 is 7.60 Å². The summed E-state index contributed by atoms with van der Waals surface area (Å²) in [6.07, 6.45) is -4.68. The van der Waals surface area contributed by atoms with Crippen LogP contribution in [0.15, 0.2) is 91.0 Å². The van der Waals surface area contributed by atoms with Crippen LogP contribution in [0.2, 0.25) is 0 Å². The highest BCUT2D eigenvalue weighted by Gasteiger charge is 2.55. The molecule has 0 aromatic heterocycles.